The first-order chi connectivity index (χ1) is 15.1. The molecule has 3 fully saturated rings. The van der Waals surface area contributed by atoms with Gasteiger partial charge in [-0.25, -0.2) is 0 Å². The lowest BCUT2D eigenvalue weighted by molar-refractivity contribution is -0.343. The van der Waals surface area contributed by atoms with E-state index in [9.17, 15) is 25.5 Å². The molecule has 3 rings (SSSR count). The van der Waals surface area contributed by atoms with Crippen molar-refractivity contribution < 1.29 is 49.2 Å². The second-order valence-electron chi connectivity index (χ2n) is 8.29. The summed E-state index contributed by atoms with van der Waals surface area (Å²) < 4.78 is 27.8. The molecule has 0 spiro atoms. The topological polar surface area (TPSA) is 277 Å². The van der Waals surface area contributed by atoms with Gasteiger partial charge in [-0.2, -0.15) is 0 Å². The van der Waals surface area contributed by atoms with Crippen LogP contribution in [0.1, 0.15) is 6.42 Å². The first-order valence-corrected chi connectivity index (χ1v) is 10.4. The summed E-state index contributed by atoms with van der Waals surface area (Å²) >= 11 is 0. The highest BCUT2D eigenvalue weighted by atomic mass is 16.7. The van der Waals surface area contributed by atoms with Crippen molar-refractivity contribution in [1.82, 2.24) is 0 Å². The predicted octanol–water partition coefficient (Wildman–Crippen LogP) is -6.75. The molecule has 188 valence electrons. The minimum absolute atomic E-state index is 0.0230. The van der Waals surface area contributed by atoms with Crippen LogP contribution in [0.2, 0.25) is 0 Å². The summed E-state index contributed by atoms with van der Waals surface area (Å²) in [5, 5.41) is 50.5. The predicted molar refractivity (Wildman–Crippen MR) is 105 cm³/mol. The smallest absolute Gasteiger partial charge is 0.186 e. The maximum Gasteiger partial charge on any atom is 0.186 e. The molecule has 8 unspecified atom stereocenters. The largest absolute Gasteiger partial charge is 0.394 e. The zero-order valence-corrected chi connectivity index (χ0v) is 17.4. The molecule has 15 nitrogen and oxygen atoms in total. The molecule has 0 radical (unpaired) electrons. The quantitative estimate of drug-likeness (QED) is 0.173. The van der Waals surface area contributed by atoms with E-state index in [0.717, 1.165) is 0 Å². The van der Waals surface area contributed by atoms with Gasteiger partial charge < -0.3 is 77.9 Å². The molecule has 3 aliphatic heterocycles. The first-order valence-electron chi connectivity index (χ1n) is 10.4. The third kappa shape index (κ3) is 5.22. The van der Waals surface area contributed by atoms with Gasteiger partial charge in [0.25, 0.3) is 0 Å². The van der Waals surface area contributed by atoms with Crippen molar-refractivity contribution in [2.75, 3.05) is 13.2 Å². The summed E-state index contributed by atoms with van der Waals surface area (Å²) in [7, 11) is 0. The molecule has 0 aromatic heterocycles. The molecule has 3 heterocycles. The van der Waals surface area contributed by atoms with Crippen molar-refractivity contribution in [3.05, 3.63) is 0 Å². The lowest BCUT2D eigenvalue weighted by Crippen LogP contribution is -2.69. The lowest BCUT2D eigenvalue weighted by atomic mass is 9.96. The maximum absolute atomic E-state index is 10.9. The Balaban J connectivity index is 1.70. The molecule has 0 aromatic rings. The van der Waals surface area contributed by atoms with Crippen LogP contribution < -0.4 is 28.7 Å². The summed E-state index contributed by atoms with van der Waals surface area (Å²) in [4.78, 5) is 0. The van der Waals surface area contributed by atoms with E-state index >= 15 is 0 Å². The van der Waals surface area contributed by atoms with E-state index in [2.05, 4.69) is 0 Å². The summed E-state index contributed by atoms with van der Waals surface area (Å²) in [5.41, 5.74) is 29.2. The maximum atomic E-state index is 10.9. The highest BCUT2D eigenvalue weighted by Crippen LogP contribution is 2.29. The van der Waals surface area contributed by atoms with Crippen LogP contribution in [0.15, 0.2) is 0 Å². The SMILES string of the molecule is NCC1O[C@H](O[C@@H]2C(N)O[C@@H](N)C(OC3O[C@H](CO)C(O)C(N)[C@H]3O)C2O)C(N)C[C@@H]1O. The van der Waals surface area contributed by atoms with E-state index in [1.807, 2.05) is 0 Å². The Kier molecular flexibility index (Phi) is 8.75. The molecule has 15 N–H and O–H groups in total. The Morgan fingerprint density at radius 3 is 1.88 bits per heavy atom. The van der Waals surface area contributed by atoms with Crippen LogP contribution in [0, 0.1) is 0 Å². The summed E-state index contributed by atoms with van der Waals surface area (Å²) in [6.45, 7) is -0.561. The monoisotopic (exact) mass is 469 g/mol. The second kappa shape index (κ2) is 10.8. The Morgan fingerprint density at radius 2 is 1.31 bits per heavy atom. The van der Waals surface area contributed by atoms with Crippen LogP contribution >= 0.6 is 0 Å². The molecule has 32 heavy (non-hydrogen) atoms. The molecular weight excluding hydrogens is 434 g/mol. The fourth-order valence-corrected chi connectivity index (χ4v) is 4.02. The van der Waals surface area contributed by atoms with Gasteiger partial charge in [0.1, 0.15) is 49.1 Å². The number of aliphatic hydroxyl groups is 5. The number of hydrogen-bond donors (Lipinski definition) is 10. The third-order valence-electron chi connectivity index (χ3n) is 5.99. The van der Waals surface area contributed by atoms with Crippen LogP contribution in [0.25, 0.3) is 0 Å². The van der Waals surface area contributed by atoms with Gasteiger partial charge in [-0.05, 0) is 6.42 Å². The minimum atomic E-state index is -1.50. The molecule has 0 bridgehead atoms. The van der Waals surface area contributed by atoms with E-state index in [-0.39, 0.29) is 13.0 Å². The standard InChI is InChI=1S/C17H35N5O10/c18-2-6-5(24)1-4(19)16(28-6)30-12-11(27)13(15(22)32-14(12)21)31-17-10(26)8(20)9(25)7(3-23)29-17/h4-17,23-27H,1-3,18-22H2/t4?,5-,6?,7+,8?,9?,10+,11?,12-,13?,14?,15+,16+,17?/m0/s1. The number of aliphatic hydroxyl groups excluding tert-OH is 5. The molecule has 0 aromatic carbocycles. The van der Waals surface area contributed by atoms with Crippen molar-refractivity contribution in [3.63, 3.8) is 0 Å². The van der Waals surface area contributed by atoms with Gasteiger partial charge in [0.2, 0.25) is 0 Å². The van der Waals surface area contributed by atoms with Gasteiger partial charge in [0, 0.05) is 6.54 Å². The molecule has 0 saturated carbocycles. The van der Waals surface area contributed by atoms with Gasteiger partial charge in [0.15, 0.2) is 12.6 Å². The average Bonchev–Trinajstić information content (AvgIpc) is 2.75. The van der Waals surface area contributed by atoms with Crippen LogP contribution in [-0.2, 0) is 23.7 Å². The molecule has 15 heteroatoms. The lowest BCUT2D eigenvalue weighted by Gasteiger charge is -2.47. The van der Waals surface area contributed by atoms with Crippen LogP contribution in [0.3, 0.4) is 0 Å². The number of nitrogens with two attached hydrogens (primary N) is 5. The van der Waals surface area contributed by atoms with Crippen molar-refractivity contribution >= 4 is 0 Å². The Morgan fingerprint density at radius 1 is 0.750 bits per heavy atom. The van der Waals surface area contributed by atoms with E-state index < -0.39 is 92.6 Å². The van der Waals surface area contributed by atoms with Gasteiger partial charge in [0.05, 0.1) is 30.9 Å². The Labute approximate surface area is 184 Å². The molecule has 14 atom stereocenters. The second-order valence-corrected chi connectivity index (χ2v) is 8.29. The fourth-order valence-electron chi connectivity index (χ4n) is 4.02. The summed E-state index contributed by atoms with van der Waals surface area (Å²) in [5.74, 6) is 0. The van der Waals surface area contributed by atoms with Gasteiger partial charge >= 0.3 is 0 Å². The summed E-state index contributed by atoms with van der Waals surface area (Å²) in [6, 6.07) is -1.93. The number of hydrogen-bond acceptors (Lipinski definition) is 15. The number of ether oxygens (including phenoxy) is 5. The minimum Gasteiger partial charge on any atom is -0.394 e. The van der Waals surface area contributed by atoms with E-state index in [4.69, 9.17) is 52.4 Å². The zero-order valence-electron chi connectivity index (χ0n) is 17.4. The Hall–Kier alpha value is -0.600. The molecule has 0 amide bonds. The van der Waals surface area contributed by atoms with Gasteiger partial charge in [-0.15, -0.1) is 0 Å². The average molecular weight is 469 g/mol. The van der Waals surface area contributed by atoms with Crippen LogP contribution in [0.5, 0.6) is 0 Å². The first kappa shape index (κ1) is 26.0. The van der Waals surface area contributed by atoms with E-state index in [1.165, 1.54) is 0 Å². The molecule has 0 aliphatic carbocycles. The van der Waals surface area contributed by atoms with Crippen molar-refractivity contribution in [1.29, 1.82) is 0 Å². The fraction of sp³-hybridized carbons (Fsp3) is 1.00. The van der Waals surface area contributed by atoms with Crippen LogP contribution in [0.4, 0.5) is 0 Å². The van der Waals surface area contributed by atoms with Crippen molar-refractivity contribution in [3.8, 4) is 0 Å². The normalized spacial score (nSPS) is 52.7. The van der Waals surface area contributed by atoms with Gasteiger partial charge in [-0.1, -0.05) is 0 Å². The molecule has 3 aliphatic rings. The zero-order chi connectivity index (χ0) is 23.7. The highest BCUT2D eigenvalue weighted by Gasteiger charge is 2.50. The van der Waals surface area contributed by atoms with Crippen molar-refractivity contribution in [2.24, 2.45) is 28.7 Å². The van der Waals surface area contributed by atoms with E-state index in [0.29, 0.717) is 0 Å². The summed E-state index contributed by atoms with van der Waals surface area (Å²) in [6.07, 6.45) is -14.4. The molecule has 3 saturated heterocycles. The molecular formula is C17H35N5O10. The Bertz CT molecular complexity index is 608. The van der Waals surface area contributed by atoms with E-state index in [1.54, 1.807) is 0 Å². The van der Waals surface area contributed by atoms with Gasteiger partial charge in [-0.3, -0.25) is 0 Å². The van der Waals surface area contributed by atoms with Crippen molar-refractivity contribution in [2.45, 2.75) is 92.4 Å². The number of rotatable bonds is 6. The highest BCUT2D eigenvalue weighted by molar-refractivity contribution is 4.96. The third-order valence-corrected chi connectivity index (χ3v) is 5.99. The van der Waals surface area contributed by atoms with Crippen LogP contribution in [-0.4, -0.2) is 125 Å².